The summed E-state index contributed by atoms with van der Waals surface area (Å²) in [7, 11) is 0. The zero-order valence-electron chi connectivity index (χ0n) is 10.3. The maximum atomic E-state index is 4.77. The van der Waals surface area contributed by atoms with Crippen molar-refractivity contribution >= 4 is 42.8 Å². The van der Waals surface area contributed by atoms with Crippen LogP contribution in [-0.4, -0.2) is 4.98 Å². The summed E-state index contributed by atoms with van der Waals surface area (Å²) >= 11 is 7.26. The normalized spacial score (nSPS) is 10.9. The highest BCUT2D eigenvalue weighted by Crippen LogP contribution is 2.33. The minimum atomic E-state index is 0.976. The molecule has 1 aromatic heterocycles. The molecule has 1 nitrogen and oxygen atoms in total. The summed E-state index contributed by atoms with van der Waals surface area (Å²) in [6.45, 7) is 2.09. The maximum absolute atomic E-state index is 4.77. The summed E-state index contributed by atoms with van der Waals surface area (Å²) in [5.74, 6) is 0. The van der Waals surface area contributed by atoms with Gasteiger partial charge in [-0.1, -0.05) is 46.3 Å². The van der Waals surface area contributed by atoms with Gasteiger partial charge in [0.25, 0.3) is 0 Å². The Morgan fingerprint density at radius 3 is 2.37 bits per heavy atom. The third-order valence-electron chi connectivity index (χ3n) is 3.03. The smallest absolute Gasteiger partial charge is 0.0862 e. The second kappa shape index (κ2) is 5.06. The van der Waals surface area contributed by atoms with Gasteiger partial charge in [0.05, 0.1) is 11.2 Å². The molecule has 0 amide bonds. The van der Waals surface area contributed by atoms with Gasteiger partial charge in [0.1, 0.15) is 0 Å². The molecule has 0 saturated carbocycles. The Hall–Kier alpha value is -1.19. The highest BCUT2D eigenvalue weighted by molar-refractivity contribution is 9.11. The van der Waals surface area contributed by atoms with Crippen LogP contribution in [0.3, 0.4) is 0 Å². The molecule has 0 aliphatic heterocycles. The Kier molecular flexibility index (Phi) is 3.42. The zero-order chi connectivity index (χ0) is 13.4. The second-order valence-corrected chi connectivity index (χ2v) is 6.21. The van der Waals surface area contributed by atoms with Gasteiger partial charge in [-0.15, -0.1) is 0 Å². The summed E-state index contributed by atoms with van der Waals surface area (Å²) in [6, 6.07) is 16.5. The van der Waals surface area contributed by atoms with Crippen LogP contribution in [0.25, 0.3) is 22.2 Å². The fourth-order valence-electron chi connectivity index (χ4n) is 2.14. The monoisotopic (exact) mass is 375 g/mol. The van der Waals surface area contributed by atoms with Gasteiger partial charge in [-0.05, 0) is 46.6 Å². The molecule has 3 aromatic rings. The number of fused-ring (bicyclic) bond motifs is 1. The lowest BCUT2D eigenvalue weighted by atomic mass is 10.1. The van der Waals surface area contributed by atoms with Crippen molar-refractivity contribution in [2.45, 2.75) is 6.92 Å². The van der Waals surface area contributed by atoms with Crippen LogP contribution in [-0.2, 0) is 0 Å². The summed E-state index contributed by atoms with van der Waals surface area (Å²) in [5, 5.41) is 1.13. The number of benzene rings is 2. The van der Waals surface area contributed by atoms with E-state index in [0.717, 1.165) is 31.1 Å². The average Bonchev–Trinajstić information content (AvgIpc) is 2.41. The van der Waals surface area contributed by atoms with Gasteiger partial charge < -0.3 is 0 Å². The predicted octanol–water partition coefficient (Wildman–Crippen LogP) is 5.74. The van der Waals surface area contributed by atoms with Crippen LogP contribution in [0.1, 0.15) is 5.56 Å². The lowest BCUT2D eigenvalue weighted by molar-refractivity contribution is 1.36. The molecule has 0 atom stereocenters. The number of nitrogens with zero attached hydrogens (tertiary/aromatic N) is 1. The highest BCUT2D eigenvalue weighted by atomic mass is 79.9. The Morgan fingerprint density at radius 1 is 0.895 bits per heavy atom. The standard InChI is InChI=1S/C16H11Br2N/c1-10-7-12-13(17)9-15(11-5-3-2-4-6-11)19-16(12)14(18)8-10/h2-9H,1H3. The minimum Gasteiger partial charge on any atom is -0.247 e. The van der Waals surface area contributed by atoms with E-state index in [9.17, 15) is 0 Å². The van der Waals surface area contributed by atoms with E-state index >= 15 is 0 Å². The molecule has 19 heavy (non-hydrogen) atoms. The van der Waals surface area contributed by atoms with Crippen LogP contribution >= 0.6 is 31.9 Å². The van der Waals surface area contributed by atoms with E-state index in [4.69, 9.17) is 4.98 Å². The molecule has 0 unspecified atom stereocenters. The van der Waals surface area contributed by atoms with Gasteiger partial charge in [-0.2, -0.15) is 0 Å². The number of hydrogen-bond donors (Lipinski definition) is 0. The molecule has 0 radical (unpaired) electrons. The first-order valence-electron chi connectivity index (χ1n) is 5.97. The Labute approximate surface area is 128 Å². The van der Waals surface area contributed by atoms with Gasteiger partial charge in [-0.3, -0.25) is 0 Å². The molecule has 94 valence electrons. The van der Waals surface area contributed by atoms with Crippen molar-refractivity contribution in [3.63, 3.8) is 0 Å². The minimum absolute atomic E-state index is 0.976. The fourth-order valence-corrected chi connectivity index (χ4v) is 3.32. The molecule has 0 fully saturated rings. The molecule has 0 bridgehead atoms. The molecule has 0 aliphatic carbocycles. The number of rotatable bonds is 1. The molecule has 3 rings (SSSR count). The predicted molar refractivity (Wildman–Crippen MR) is 87.3 cm³/mol. The molecule has 2 aromatic carbocycles. The number of pyridine rings is 1. The molecule has 1 heterocycles. The Balaban J connectivity index is 2.31. The fraction of sp³-hybridized carbons (Fsp3) is 0.0625. The van der Waals surface area contributed by atoms with Crippen LogP contribution in [0.5, 0.6) is 0 Å². The van der Waals surface area contributed by atoms with E-state index in [-0.39, 0.29) is 0 Å². The van der Waals surface area contributed by atoms with Crippen molar-refractivity contribution in [2.24, 2.45) is 0 Å². The molecule has 0 saturated heterocycles. The summed E-state index contributed by atoms with van der Waals surface area (Å²) in [5.41, 5.74) is 4.30. The third-order valence-corrected chi connectivity index (χ3v) is 4.29. The van der Waals surface area contributed by atoms with E-state index in [0.29, 0.717) is 0 Å². The van der Waals surface area contributed by atoms with Crippen molar-refractivity contribution in [3.05, 3.63) is 63.0 Å². The van der Waals surface area contributed by atoms with Gasteiger partial charge >= 0.3 is 0 Å². The quantitative estimate of drug-likeness (QED) is 0.528. The van der Waals surface area contributed by atoms with E-state index < -0.39 is 0 Å². The largest absolute Gasteiger partial charge is 0.247 e. The molecular weight excluding hydrogens is 366 g/mol. The van der Waals surface area contributed by atoms with Crippen molar-refractivity contribution in [1.82, 2.24) is 4.98 Å². The highest BCUT2D eigenvalue weighted by Gasteiger charge is 2.09. The first kappa shape index (κ1) is 12.8. The van der Waals surface area contributed by atoms with Crippen molar-refractivity contribution < 1.29 is 0 Å². The number of halogens is 2. The zero-order valence-corrected chi connectivity index (χ0v) is 13.5. The molecule has 0 spiro atoms. The van der Waals surface area contributed by atoms with Crippen molar-refractivity contribution in [2.75, 3.05) is 0 Å². The van der Waals surface area contributed by atoms with Crippen LogP contribution in [0.4, 0.5) is 0 Å². The summed E-state index contributed by atoms with van der Waals surface area (Å²) in [4.78, 5) is 4.77. The van der Waals surface area contributed by atoms with E-state index in [2.05, 4.69) is 69.1 Å². The number of hydrogen-bond acceptors (Lipinski definition) is 1. The molecular formula is C16H11Br2N. The third kappa shape index (κ3) is 2.45. The SMILES string of the molecule is Cc1cc(Br)c2nc(-c3ccccc3)cc(Br)c2c1. The van der Waals surface area contributed by atoms with Gasteiger partial charge in [0.15, 0.2) is 0 Å². The molecule has 0 N–H and O–H groups in total. The van der Waals surface area contributed by atoms with Crippen molar-refractivity contribution in [1.29, 1.82) is 0 Å². The molecule has 3 heteroatoms. The Morgan fingerprint density at radius 2 is 1.63 bits per heavy atom. The van der Waals surface area contributed by atoms with E-state index in [1.54, 1.807) is 0 Å². The van der Waals surface area contributed by atoms with E-state index in [1.807, 2.05) is 18.2 Å². The topological polar surface area (TPSA) is 12.9 Å². The maximum Gasteiger partial charge on any atom is 0.0862 e. The van der Waals surface area contributed by atoms with Gasteiger partial charge in [-0.25, -0.2) is 4.98 Å². The average molecular weight is 377 g/mol. The van der Waals surface area contributed by atoms with Crippen molar-refractivity contribution in [3.8, 4) is 11.3 Å². The number of aryl methyl sites for hydroxylation is 1. The first-order chi connectivity index (χ1) is 9.15. The van der Waals surface area contributed by atoms with Crippen LogP contribution in [0.2, 0.25) is 0 Å². The first-order valence-corrected chi connectivity index (χ1v) is 7.55. The summed E-state index contributed by atoms with van der Waals surface area (Å²) in [6.07, 6.45) is 0. The van der Waals surface area contributed by atoms with Gasteiger partial charge in [0.2, 0.25) is 0 Å². The van der Waals surface area contributed by atoms with E-state index in [1.165, 1.54) is 5.56 Å². The van der Waals surface area contributed by atoms with Crippen LogP contribution in [0, 0.1) is 6.92 Å². The lowest BCUT2D eigenvalue weighted by Crippen LogP contribution is -1.89. The summed E-state index contributed by atoms with van der Waals surface area (Å²) < 4.78 is 2.10. The van der Waals surface area contributed by atoms with Crippen LogP contribution in [0.15, 0.2) is 57.5 Å². The Bertz CT molecular complexity index is 752. The van der Waals surface area contributed by atoms with Gasteiger partial charge in [0, 0.05) is 19.9 Å². The van der Waals surface area contributed by atoms with Crippen LogP contribution < -0.4 is 0 Å². The molecule has 0 aliphatic rings. The second-order valence-electron chi connectivity index (χ2n) is 4.50. The number of aromatic nitrogens is 1. The lowest BCUT2D eigenvalue weighted by Gasteiger charge is -2.08.